The lowest BCUT2D eigenvalue weighted by Gasteiger charge is -2.21. The molecule has 0 bridgehead atoms. The van der Waals surface area contributed by atoms with Crippen LogP contribution in [-0.2, 0) is 13.6 Å². The minimum atomic E-state index is 0.556. The summed E-state index contributed by atoms with van der Waals surface area (Å²) in [5.74, 6) is 0. The van der Waals surface area contributed by atoms with Gasteiger partial charge in [0, 0.05) is 37.4 Å². The van der Waals surface area contributed by atoms with Gasteiger partial charge in [-0.05, 0) is 32.7 Å². The van der Waals surface area contributed by atoms with E-state index in [1.165, 1.54) is 44.2 Å². The van der Waals surface area contributed by atoms with E-state index in [9.17, 15) is 0 Å². The summed E-state index contributed by atoms with van der Waals surface area (Å²) in [5, 5.41) is 11.4. The molecule has 0 saturated carbocycles. The highest BCUT2D eigenvalue weighted by atomic mass is 15.2. The topological polar surface area (TPSA) is 41.9 Å². The zero-order valence-electron chi connectivity index (χ0n) is 11.7. The third-order valence-electron chi connectivity index (χ3n) is 3.71. The Kier molecular flexibility index (Phi) is 5.20. The predicted molar refractivity (Wildman–Crippen MR) is 74.4 cm³/mol. The zero-order valence-corrected chi connectivity index (χ0v) is 11.7. The van der Waals surface area contributed by atoms with Crippen LogP contribution in [0.1, 0.15) is 44.6 Å². The third-order valence-corrected chi connectivity index (χ3v) is 3.71. The van der Waals surface area contributed by atoms with Crippen molar-refractivity contribution in [2.45, 2.75) is 57.7 Å². The second-order valence-corrected chi connectivity index (χ2v) is 5.54. The summed E-state index contributed by atoms with van der Waals surface area (Å²) in [7, 11) is 1.96. The Hall–Kier alpha value is -0.870. The Morgan fingerprint density at radius 2 is 2.39 bits per heavy atom. The molecule has 1 fully saturated rings. The molecule has 1 saturated heterocycles. The molecule has 2 atom stereocenters. The molecule has 2 rings (SSSR count). The monoisotopic (exact) mass is 250 g/mol. The van der Waals surface area contributed by atoms with Crippen LogP contribution < -0.4 is 10.6 Å². The second-order valence-electron chi connectivity index (χ2n) is 5.54. The molecular formula is C14H26N4. The third kappa shape index (κ3) is 4.42. The van der Waals surface area contributed by atoms with Gasteiger partial charge in [0.05, 0.1) is 6.20 Å². The number of hydrogen-bond donors (Lipinski definition) is 2. The molecule has 0 aromatic carbocycles. The molecule has 18 heavy (non-hydrogen) atoms. The van der Waals surface area contributed by atoms with Crippen molar-refractivity contribution in [3.63, 3.8) is 0 Å². The van der Waals surface area contributed by atoms with E-state index in [0.717, 1.165) is 6.54 Å². The minimum Gasteiger partial charge on any atom is -0.314 e. The first-order chi connectivity index (χ1) is 8.74. The molecular weight excluding hydrogens is 224 g/mol. The fraction of sp³-hybridized carbons (Fsp3) is 0.786. The highest BCUT2D eigenvalue weighted by Crippen LogP contribution is 2.12. The summed E-state index contributed by atoms with van der Waals surface area (Å²) in [6.45, 7) is 4.39. The summed E-state index contributed by atoms with van der Waals surface area (Å²) in [6, 6.07) is 1.25. The molecule has 1 aliphatic rings. The average molecular weight is 250 g/mol. The van der Waals surface area contributed by atoms with Crippen LogP contribution in [-0.4, -0.2) is 28.4 Å². The van der Waals surface area contributed by atoms with Gasteiger partial charge in [-0.1, -0.05) is 12.8 Å². The number of aromatic nitrogens is 2. The van der Waals surface area contributed by atoms with Crippen molar-refractivity contribution >= 4 is 0 Å². The van der Waals surface area contributed by atoms with Gasteiger partial charge in [0.25, 0.3) is 0 Å². The van der Waals surface area contributed by atoms with E-state index in [2.05, 4.69) is 28.9 Å². The van der Waals surface area contributed by atoms with Crippen molar-refractivity contribution in [1.29, 1.82) is 0 Å². The van der Waals surface area contributed by atoms with E-state index >= 15 is 0 Å². The van der Waals surface area contributed by atoms with Gasteiger partial charge in [-0.2, -0.15) is 5.10 Å². The number of nitrogens with zero attached hydrogens (tertiary/aromatic N) is 2. The molecule has 2 N–H and O–H groups in total. The lowest BCUT2D eigenvalue weighted by atomic mass is 10.0. The molecule has 102 valence electrons. The maximum Gasteiger partial charge on any atom is 0.0534 e. The van der Waals surface area contributed by atoms with E-state index in [1.54, 1.807) is 0 Å². The summed E-state index contributed by atoms with van der Waals surface area (Å²) in [4.78, 5) is 0. The Labute approximate surface area is 110 Å². The van der Waals surface area contributed by atoms with Gasteiger partial charge in [0.1, 0.15) is 0 Å². The maximum absolute atomic E-state index is 4.19. The fourth-order valence-electron chi connectivity index (χ4n) is 2.67. The van der Waals surface area contributed by atoms with Gasteiger partial charge in [0.15, 0.2) is 0 Å². The molecule has 1 aromatic rings. The molecule has 0 amide bonds. The second kappa shape index (κ2) is 6.90. The Balaban J connectivity index is 1.69. The SMILES string of the molecule is CC(CC1CCCCCN1)NCc1cnn(C)c1. The molecule has 1 aromatic heterocycles. The number of nitrogens with one attached hydrogen (secondary N) is 2. The summed E-state index contributed by atoms with van der Waals surface area (Å²) in [5.41, 5.74) is 1.26. The Morgan fingerprint density at radius 3 is 3.17 bits per heavy atom. The largest absolute Gasteiger partial charge is 0.314 e. The van der Waals surface area contributed by atoms with Crippen LogP contribution in [0.2, 0.25) is 0 Å². The van der Waals surface area contributed by atoms with Gasteiger partial charge in [-0.3, -0.25) is 4.68 Å². The average Bonchev–Trinajstić information content (AvgIpc) is 2.60. The molecule has 0 aliphatic carbocycles. The molecule has 2 heterocycles. The summed E-state index contributed by atoms with van der Waals surface area (Å²) >= 11 is 0. The minimum absolute atomic E-state index is 0.556. The first-order valence-corrected chi connectivity index (χ1v) is 7.18. The van der Waals surface area contributed by atoms with Crippen LogP contribution in [0, 0.1) is 0 Å². The van der Waals surface area contributed by atoms with E-state index in [-0.39, 0.29) is 0 Å². The van der Waals surface area contributed by atoms with Crippen LogP contribution in [0.4, 0.5) is 0 Å². The Morgan fingerprint density at radius 1 is 1.50 bits per heavy atom. The van der Waals surface area contributed by atoms with Crippen molar-refractivity contribution in [1.82, 2.24) is 20.4 Å². The Bertz CT molecular complexity index is 339. The van der Waals surface area contributed by atoms with E-state index in [4.69, 9.17) is 0 Å². The van der Waals surface area contributed by atoms with Gasteiger partial charge in [-0.25, -0.2) is 0 Å². The predicted octanol–water partition coefficient (Wildman–Crippen LogP) is 1.82. The molecule has 4 heteroatoms. The summed E-state index contributed by atoms with van der Waals surface area (Å²) in [6.07, 6.45) is 10.7. The smallest absolute Gasteiger partial charge is 0.0534 e. The van der Waals surface area contributed by atoms with Crippen LogP contribution in [0.5, 0.6) is 0 Å². The highest BCUT2D eigenvalue weighted by molar-refractivity contribution is 5.03. The van der Waals surface area contributed by atoms with Gasteiger partial charge in [0.2, 0.25) is 0 Å². The fourth-order valence-corrected chi connectivity index (χ4v) is 2.67. The lowest BCUT2D eigenvalue weighted by molar-refractivity contribution is 0.402. The number of rotatable bonds is 5. The maximum atomic E-state index is 4.19. The van der Waals surface area contributed by atoms with E-state index < -0.39 is 0 Å². The lowest BCUT2D eigenvalue weighted by Crippen LogP contribution is -2.36. The zero-order chi connectivity index (χ0) is 12.8. The van der Waals surface area contributed by atoms with E-state index in [1.807, 2.05) is 17.9 Å². The van der Waals surface area contributed by atoms with E-state index in [0.29, 0.717) is 12.1 Å². The first-order valence-electron chi connectivity index (χ1n) is 7.18. The molecule has 4 nitrogen and oxygen atoms in total. The van der Waals surface area contributed by atoms with Crippen molar-refractivity contribution in [3.8, 4) is 0 Å². The number of aryl methyl sites for hydroxylation is 1. The molecule has 0 spiro atoms. The number of hydrogen-bond acceptors (Lipinski definition) is 3. The van der Waals surface area contributed by atoms with Crippen LogP contribution in [0.25, 0.3) is 0 Å². The standard InChI is InChI=1S/C14H26N4/c1-12(8-14-6-4-3-5-7-15-14)16-9-13-10-17-18(2)11-13/h10-12,14-16H,3-9H2,1-2H3. The molecule has 2 unspecified atom stereocenters. The quantitative estimate of drug-likeness (QED) is 0.837. The normalized spacial score (nSPS) is 22.7. The van der Waals surface area contributed by atoms with Gasteiger partial charge in [-0.15, -0.1) is 0 Å². The van der Waals surface area contributed by atoms with Gasteiger partial charge < -0.3 is 10.6 Å². The van der Waals surface area contributed by atoms with Crippen molar-refractivity contribution in [2.24, 2.45) is 7.05 Å². The first kappa shape index (κ1) is 13.6. The highest BCUT2D eigenvalue weighted by Gasteiger charge is 2.14. The van der Waals surface area contributed by atoms with Crippen molar-refractivity contribution in [2.75, 3.05) is 6.54 Å². The summed E-state index contributed by atoms with van der Waals surface area (Å²) < 4.78 is 1.86. The van der Waals surface area contributed by atoms with Gasteiger partial charge >= 0.3 is 0 Å². The van der Waals surface area contributed by atoms with Crippen LogP contribution in [0.15, 0.2) is 12.4 Å². The van der Waals surface area contributed by atoms with Crippen LogP contribution in [0.3, 0.4) is 0 Å². The van der Waals surface area contributed by atoms with Crippen molar-refractivity contribution < 1.29 is 0 Å². The van der Waals surface area contributed by atoms with Crippen molar-refractivity contribution in [3.05, 3.63) is 18.0 Å². The molecule has 0 radical (unpaired) electrons. The van der Waals surface area contributed by atoms with Crippen LogP contribution >= 0.6 is 0 Å². The molecule has 1 aliphatic heterocycles.